The number of ether oxygens (including phenoxy) is 2. The van der Waals surface area contributed by atoms with E-state index >= 15 is 0 Å². The van der Waals surface area contributed by atoms with Crippen LogP contribution in [0.1, 0.15) is 15.9 Å². The Labute approximate surface area is 172 Å². The van der Waals surface area contributed by atoms with E-state index in [9.17, 15) is 24.5 Å². The Morgan fingerprint density at radius 2 is 1.87 bits per heavy atom. The third-order valence-electron chi connectivity index (χ3n) is 4.21. The van der Waals surface area contributed by atoms with E-state index in [0.29, 0.717) is 11.4 Å². The van der Waals surface area contributed by atoms with Gasteiger partial charge in [0.05, 0.1) is 24.1 Å². The Morgan fingerprint density at radius 3 is 2.53 bits per heavy atom. The minimum absolute atomic E-state index is 0.00424. The minimum atomic E-state index is -0.862. The number of likely N-dealkylation sites (N-methyl/N-ethyl adjacent to an activating group) is 1. The summed E-state index contributed by atoms with van der Waals surface area (Å²) in [6, 6.07) is 10.7. The van der Waals surface area contributed by atoms with E-state index in [4.69, 9.17) is 9.47 Å². The number of amides is 2. The molecule has 0 heterocycles. The molecular formula is C20H21N3O7. The van der Waals surface area contributed by atoms with Crippen LogP contribution in [0.15, 0.2) is 42.5 Å². The van der Waals surface area contributed by atoms with Crippen molar-refractivity contribution in [2.75, 3.05) is 32.6 Å². The van der Waals surface area contributed by atoms with Crippen molar-refractivity contribution in [3.8, 4) is 5.75 Å². The zero-order valence-electron chi connectivity index (χ0n) is 16.7. The molecule has 2 rings (SSSR count). The molecule has 2 aromatic carbocycles. The van der Waals surface area contributed by atoms with Gasteiger partial charge in [0, 0.05) is 30.4 Å². The monoisotopic (exact) mass is 415 g/mol. The smallest absolute Gasteiger partial charge is 0.339 e. The number of rotatable bonds is 8. The van der Waals surface area contributed by atoms with Gasteiger partial charge in [-0.05, 0) is 25.1 Å². The lowest BCUT2D eigenvalue weighted by molar-refractivity contribution is -0.385. The van der Waals surface area contributed by atoms with Crippen LogP contribution in [0, 0.1) is 17.0 Å². The maximum atomic E-state index is 12.2. The number of benzene rings is 2. The number of esters is 1. The highest BCUT2D eigenvalue weighted by Gasteiger charge is 2.21. The fraction of sp³-hybridized carbons (Fsp3) is 0.250. The first-order valence-electron chi connectivity index (χ1n) is 8.82. The van der Waals surface area contributed by atoms with Crippen molar-refractivity contribution < 1.29 is 28.8 Å². The van der Waals surface area contributed by atoms with Gasteiger partial charge in [0.25, 0.3) is 11.6 Å². The summed E-state index contributed by atoms with van der Waals surface area (Å²) in [5.74, 6) is -1.34. The second kappa shape index (κ2) is 10.0. The van der Waals surface area contributed by atoms with Gasteiger partial charge in [0.2, 0.25) is 5.91 Å². The van der Waals surface area contributed by atoms with E-state index < -0.39 is 29.3 Å². The number of methoxy groups -OCH3 is 1. The molecule has 10 heteroatoms. The molecule has 0 aromatic heterocycles. The second-order valence-corrected chi connectivity index (χ2v) is 6.31. The number of nitrogens with zero attached hydrogens (tertiary/aromatic N) is 2. The molecule has 10 nitrogen and oxygen atoms in total. The molecule has 0 spiro atoms. The molecule has 0 radical (unpaired) electrons. The summed E-state index contributed by atoms with van der Waals surface area (Å²) in [7, 11) is 2.89. The van der Waals surface area contributed by atoms with Gasteiger partial charge >= 0.3 is 5.97 Å². The Morgan fingerprint density at radius 1 is 1.17 bits per heavy atom. The first kappa shape index (κ1) is 22.3. The van der Waals surface area contributed by atoms with Gasteiger partial charge in [0.1, 0.15) is 5.75 Å². The Hall–Kier alpha value is -3.95. The molecule has 0 saturated carbocycles. The summed E-state index contributed by atoms with van der Waals surface area (Å²) in [6.07, 6.45) is 0. The third kappa shape index (κ3) is 5.77. The van der Waals surface area contributed by atoms with Crippen LogP contribution in [-0.4, -0.2) is 54.9 Å². The van der Waals surface area contributed by atoms with Gasteiger partial charge in [0.15, 0.2) is 6.61 Å². The predicted molar refractivity (Wildman–Crippen MR) is 107 cm³/mol. The fourth-order valence-electron chi connectivity index (χ4n) is 2.56. The Kier molecular flexibility index (Phi) is 7.45. The molecule has 2 aromatic rings. The summed E-state index contributed by atoms with van der Waals surface area (Å²) in [5, 5.41) is 13.6. The van der Waals surface area contributed by atoms with Gasteiger partial charge in [-0.2, -0.15) is 0 Å². The lowest BCUT2D eigenvalue weighted by atomic mass is 10.1. The van der Waals surface area contributed by atoms with Crippen LogP contribution in [0.2, 0.25) is 0 Å². The van der Waals surface area contributed by atoms with E-state index in [2.05, 4.69) is 5.32 Å². The zero-order valence-corrected chi connectivity index (χ0v) is 16.7. The molecule has 30 heavy (non-hydrogen) atoms. The van der Waals surface area contributed by atoms with Crippen molar-refractivity contribution in [3.05, 3.63) is 63.7 Å². The topological polar surface area (TPSA) is 128 Å². The van der Waals surface area contributed by atoms with E-state index in [1.54, 1.807) is 24.3 Å². The number of nitro groups is 1. The van der Waals surface area contributed by atoms with Crippen molar-refractivity contribution in [2.45, 2.75) is 6.92 Å². The second-order valence-electron chi connectivity index (χ2n) is 6.31. The van der Waals surface area contributed by atoms with Crippen LogP contribution in [0.5, 0.6) is 5.75 Å². The van der Waals surface area contributed by atoms with Crippen LogP contribution >= 0.6 is 0 Å². The lowest BCUT2D eigenvalue weighted by Gasteiger charge is -2.17. The zero-order chi connectivity index (χ0) is 22.3. The van der Waals surface area contributed by atoms with Gasteiger partial charge in [-0.25, -0.2) is 4.79 Å². The lowest BCUT2D eigenvalue weighted by Crippen LogP contribution is -2.37. The highest BCUT2D eigenvalue weighted by Crippen LogP contribution is 2.21. The van der Waals surface area contributed by atoms with E-state index in [1.165, 1.54) is 39.3 Å². The predicted octanol–water partition coefficient (Wildman–Crippen LogP) is 2.17. The molecule has 158 valence electrons. The summed E-state index contributed by atoms with van der Waals surface area (Å²) in [6.45, 7) is 0.554. The molecule has 0 atom stereocenters. The van der Waals surface area contributed by atoms with E-state index in [0.717, 1.165) is 4.90 Å². The van der Waals surface area contributed by atoms with Gasteiger partial charge in [-0.3, -0.25) is 19.7 Å². The van der Waals surface area contributed by atoms with Crippen molar-refractivity contribution in [1.29, 1.82) is 0 Å². The van der Waals surface area contributed by atoms with Gasteiger partial charge in [-0.15, -0.1) is 0 Å². The van der Waals surface area contributed by atoms with Crippen LogP contribution in [0.3, 0.4) is 0 Å². The third-order valence-corrected chi connectivity index (χ3v) is 4.21. The van der Waals surface area contributed by atoms with Crippen molar-refractivity contribution in [3.63, 3.8) is 0 Å². The normalized spacial score (nSPS) is 10.1. The largest absolute Gasteiger partial charge is 0.497 e. The molecule has 0 aliphatic carbocycles. The highest BCUT2D eigenvalue weighted by molar-refractivity contribution is 5.96. The summed E-state index contributed by atoms with van der Waals surface area (Å²) in [4.78, 5) is 47.9. The van der Waals surface area contributed by atoms with Crippen LogP contribution < -0.4 is 10.1 Å². The molecule has 0 aliphatic heterocycles. The van der Waals surface area contributed by atoms with Gasteiger partial charge < -0.3 is 19.7 Å². The first-order valence-corrected chi connectivity index (χ1v) is 8.82. The van der Waals surface area contributed by atoms with E-state index in [-0.39, 0.29) is 23.4 Å². The summed E-state index contributed by atoms with van der Waals surface area (Å²) >= 11 is 0. The number of nitro benzene ring substituents is 1. The number of hydrogen-bond acceptors (Lipinski definition) is 7. The Bertz CT molecular complexity index is 975. The number of anilines is 1. The standard InChI is InChI=1S/C20H21N3O7/c1-13-16(8-5-9-17(13)23(27)28)20(26)30-12-19(25)22(2)11-18(24)21-14-6-4-7-15(10-14)29-3/h4-10H,11-12H2,1-3H3,(H,21,24). The van der Waals surface area contributed by atoms with Gasteiger partial charge in [-0.1, -0.05) is 12.1 Å². The molecule has 0 aliphatic rings. The van der Waals surface area contributed by atoms with Crippen molar-refractivity contribution >= 4 is 29.2 Å². The number of nitrogens with one attached hydrogen (secondary N) is 1. The average molecular weight is 415 g/mol. The molecule has 0 fully saturated rings. The minimum Gasteiger partial charge on any atom is -0.497 e. The number of carbonyl (C=O) groups is 3. The number of carbonyl (C=O) groups excluding carboxylic acids is 3. The SMILES string of the molecule is COc1cccc(NC(=O)CN(C)C(=O)COC(=O)c2cccc([N+](=O)[O-])c2C)c1. The molecule has 0 saturated heterocycles. The molecule has 0 unspecified atom stereocenters. The quantitative estimate of drug-likeness (QED) is 0.397. The van der Waals surface area contributed by atoms with Crippen molar-refractivity contribution in [1.82, 2.24) is 4.90 Å². The molecule has 0 bridgehead atoms. The van der Waals surface area contributed by atoms with Crippen molar-refractivity contribution in [2.24, 2.45) is 0 Å². The molecule has 2 amide bonds. The van der Waals surface area contributed by atoms with Crippen LogP contribution in [-0.2, 0) is 14.3 Å². The molecular weight excluding hydrogens is 394 g/mol. The maximum absolute atomic E-state index is 12.2. The van der Waals surface area contributed by atoms with E-state index in [1.807, 2.05) is 0 Å². The average Bonchev–Trinajstić information content (AvgIpc) is 2.71. The van der Waals surface area contributed by atoms with Crippen LogP contribution in [0.25, 0.3) is 0 Å². The number of hydrogen-bond donors (Lipinski definition) is 1. The first-order chi connectivity index (χ1) is 14.2. The fourth-order valence-corrected chi connectivity index (χ4v) is 2.56. The summed E-state index contributed by atoms with van der Waals surface area (Å²) in [5.41, 5.74) is 0.427. The van der Waals surface area contributed by atoms with Crippen LogP contribution in [0.4, 0.5) is 11.4 Å². The summed E-state index contributed by atoms with van der Waals surface area (Å²) < 4.78 is 10.0. The highest BCUT2D eigenvalue weighted by atomic mass is 16.6. The molecule has 1 N–H and O–H groups in total. The maximum Gasteiger partial charge on any atom is 0.339 e. The Balaban J connectivity index is 1.90.